The lowest BCUT2D eigenvalue weighted by Gasteiger charge is -2.24. The molecule has 0 fully saturated rings. The number of nitrogens with one attached hydrogen (secondary N) is 3. The first-order valence-electron chi connectivity index (χ1n) is 6.71. The first-order chi connectivity index (χ1) is 7.45. The van der Waals surface area contributed by atoms with Gasteiger partial charge in [0.2, 0.25) is 0 Å². The van der Waals surface area contributed by atoms with Crippen molar-refractivity contribution in [2.24, 2.45) is 0 Å². The van der Waals surface area contributed by atoms with Crippen LogP contribution >= 0.6 is 0 Å². The summed E-state index contributed by atoms with van der Waals surface area (Å²) in [6.07, 6.45) is 1.21. The lowest BCUT2D eigenvalue weighted by Crippen LogP contribution is -2.53. The molecule has 0 bridgehead atoms. The third-order valence-electron chi connectivity index (χ3n) is 2.61. The summed E-state index contributed by atoms with van der Waals surface area (Å²) < 4.78 is 0. The highest BCUT2D eigenvalue weighted by molar-refractivity contribution is 6.53. The van der Waals surface area contributed by atoms with Crippen LogP contribution in [0, 0.1) is 0 Å². The summed E-state index contributed by atoms with van der Waals surface area (Å²) in [6, 6.07) is 3.09. The molecule has 0 rings (SSSR count). The van der Waals surface area contributed by atoms with Crippen LogP contribution in [0.15, 0.2) is 0 Å². The van der Waals surface area contributed by atoms with E-state index >= 15 is 0 Å². The van der Waals surface area contributed by atoms with Crippen molar-refractivity contribution in [3.63, 3.8) is 0 Å². The maximum Gasteiger partial charge on any atom is 0.186 e. The van der Waals surface area contributed by atoms with Gasteiger partial charge in [-0.3, -0.25) is 0 Å². The Labute approximate surface area is 104 Å². The van der Waals surface area contributed by atoms with Crippen molar-refractivity contribution in [1.82, 2.24) is 15.3 Å². The first-order valence-corrected chi connectivity index (χ1v) is 8.68. The molecule has 0 aromatic carbocycles. The monoisotopic (exact) mass is 245 g/mol. The summed E-state index contributed by atoms with van der Waals surface area (Å²) in [5, 5.41) is 3.56. The molecule has 0 heterocycles. The average molecular weight is 245 g/mol. The number of rotatable bonds is 9. The second-order valence-corrected chi connectivity index (χ2v) is 7.60. The van der Waals surface area contributed by atoms with Crippen LogP contribution in [0.4, 0.5) is 0 Å². The molecule has 0 aliphatic carbocycles. The molecule has 0 aliphatic heterocycles. The molecule has 0 saturated carbocycles. The van der Waals surface area contributed by atoms with Gasteiger partial charge in [0.1, 0.15) is 0 Å². The Hall–Kier alpha value is 0.0969. The highest BCUT2D eigenvalue weighted by Gasteiger charge is 2.13. The normalized spacial score (nSPS) is 14.1. The molecule has 16 heavy (non-hydrogen) atoms. The Morgan fingerprint density at radius 2 is 1.44 bits per heavy atom. The predicted molar refractivity (Wildman–Crippen MR) is 76.3 cm³/mol. The van der Waals surface area contributed by atoms with E-state index in [1.54, 1.807) is 0 Å². The van der Waals surface area contributed by atoms with Gasteiger partial charge >= 0.3 is 0 Å². The fraction of sp³-hybridized carbons (Fsp3) is 1.00. The Morgan fingerprint density at radius 3 is 1.81 bits per heavy atom. The lowest BCUT2D eigenvalue weighted by atomic mass is 10.3. The summed E-state index contributed by atoms with van der Waals surface area (Å²) in [4.78, 5) is 7.38. The van der Waals surface area contributed by atoms with Crippen molar-refractivity contribution < 1.29 is 0 Å². The maximum absolute atomic E-state index is 3.69. The Balaban J connectivity index is 3.82. The van der Waals surface area contributed by atoms with Crippen molar-refractivity contribution in [3.05, 3.63) is 0 Å². The van der Waals surface area contributed by atoms with Crippen molar-refractivity contribution >= 4 is 9.12 Å². The molecule has 0 radical (unpaired) electrons. The number of hydrogen-bond acceptors (Lipinski definition) is 3. The van der Waals surface area contributed by atoms with Crippen LogP contribution in [0.1, 0.15) is 48.0 Å². The van der Waals surface area contributed by atoms with Gasteiger partial charge in [-0.2, -0.15) is 0 Å². The van der Waals surface area contributed by atoms with E-state index in [1.165, 1.54) is 12.5 Å². The third-order valence-corrected chi connectivity index (χ3v) is 5.61. The lowest BCUT2D eigenvalue weighted by molar-refractivity contribution is 0.547. The molecular weight excluding hydrogens is 214 g/mol. The van der Waals surface area contributed by atoms with Crippen LogP contribution in [-0.4, -0.2) is 33.8 Å². The van der Waals surface area contributed by atoms with Gasteiger partial charge < -0.3 is 15.3 Å². The largest absolute Gasteiger partial charge is 0.326 e. The molecule has 0 aromatic rings. The van der Waals surface area contributed by atoms with E-state index in [0.717, 1.165) is 6.54 Å². The van der Waals surface area contributed by atoms with Crippen molar-refractivity contribution in [3.8, 4) is 0 Å². The number of hydrogen-bond donors (Lipinski definition) is 3. The molecule has 0 aromatic heterocycles. The molecule has 1 atom stereocenters. The van der Waals surface area contributed by atoms with Crippen molar-refractivity contribution in [2.45, 2.75) is 72.1 Å². The summed E-state index contributed by atoms with van der Waals surface area (Å²) in [5.41, 5.74) is 0. The Morgan fingerprint density at radius 1 is 0.938 bits per heavy atom. The standard InChI is InChI=1S/C12H31N3Si/c1-7-12(6)13-8-9-16(14-10(2)3)15-11(4)5/h10-16H,7-9H2,1-6H3. The molecule has 98 valence electrons. The minimum atomic E-state index is -0.982. The molecule has 0 saturated heterocycles. The van der Waals surface area contributed by atoms with Gasteiger partial charge in [0.25, 0.3) is 0 Å². The average Bonchev–Trinajstić information content (AvgIpc) is 2.15. The van der Waals surface area contributed by atoms with E-state index in [-0.39, 0.29) is 0 Å². The smallest absolute Gasteiger partial charge is 0.186 e. The molecule has 0 amide bonds. The fourth-order valence-corrected chi connectivity index (χ4v) is 4.13. The van der Waals surface area contributed by atoms with Crippen molar-refractivity contribution in [1.29, 1.82) is 0 Å². The summed E-state index contributed by atoms with van der Waals surface area (Å²) >= 11 is 0. The van der Waals surface area contributed by atoms with Gasteiger partial charge in [-0.15, -0.1) is 0 Å². The molecule has 3 N–H and O–H groups in total. The zero-order chi connectivity index (χ0) is 12.6. The van der Waals surface area contributed by atoms with Crippen LogP contribution in [0.25, 0.3) is 0 Å². The van der Waals surface area contributed by atoms with Gasteiger partial charge in [0.15, 0.2) is 9.12 Å². The SMILES string of the molecule is CCC(C)NCC[SiH](NC(C)C)NC(C)C. The van der Waals surface area contributed by atoms with Gasteiger partial charge in [-0.25, -0.2) is 0 Å². The zero-order valence-corrected chi connectivity index (χ0v) is 13.1. The summed E-state index contributed by atoms with van der Waals surface area (Å²) in [6.45, 7) is 14.5. The molecule has 0 aliphatic rings. The molecule has 4 heteroatoms. The first kappa shape index (κ1) is 16.1. The molecule has 3 nitrogen and oxygen atoms in total. The van der Waals surface area contributed by atoms with Crippen LogP contribution in [0.2, 0.25) is 6.04 Å². The second-order valence-electron chi connectivity index (χ2n) is 5.25. The van der Waals surface area contributed by atoms with Gasteiger partial charge in [0.05, 0.1) is 0 Å². The minimum Gasteiger partial charge on any atom is -0.326 e. The quantitative estimate of drug-likeness (QED) is 0.540. The van der Waals surface area contributed by atoms with Crippen LogP contribution in [-0.2, 0) is 0 Å². The maximum atomic E-state index is 3.69. The topological polar surface area (TPSA) is 36.1 Å². The van der Waals surface area contributed by atoms with E-state index in [4.69, 9.17) is 0 Å². The highest BCUT2D eigenvalue weighted by Crippen LogP contribution is 1.93. The predicted octanol–water partition coefficient (Wildman–Crippen LogP) is 1.59. The summed E-state index contributed by atoms with van der Waals surface area (Å²) in [7, 11) is -0.982. The van der Waals surface area contributed by atoms with Gasteiger partial charge in [0, 0.05) is 6.04 Å². The van der Waals surface area contributed by atoms with Crippen LogP contribution in [0.3, 0.4) is 0 Å². The fourth-order valence-electron chi connectivity index (χ4n) is 1.64. The van der Waals surface area contributed by atoms with Gasteiger partial charge in [-0.1, -0.05) is 34.6 Å². The Kier molecular flexibility index (Phi) is 9.22. The molecular formula is C12H31N3Si. The summed E-state index contributed by atoms with van der Waals surface area (Å²) in [5.74, 6) is 0. The zero-order valence-electron chi connectivity index (χ0n) is 11.9. The van der Waals surface area contributed by atoms with Crippen LogP contribution < -0.4 is 15.3 Å². The van der Waals surface area contributed by atoms with E-state index in [2.05, 4.69) is 56.8 Å². The van der Waals surface area contributed by atoms with Gasteiger partial charge in [-0.05, 0) is 38.0 Å². The molecule has 0 spiro atoms. The van der Waals surface area contributed by atoms with E-state index in [1.807, 2.05) is 0 Å². The van der Waals surface area contributed by atoms with Crippen LogP contribution in [0.5, 0.6) is 0 Å². The van der Waals surface area contributed by atoms with Crippen molar-refractivity contribution in [2.75, 3.05) is 6.54 Å². The van der Waals surface area contributed by atoms with E-state index in [0.29, 0.717) is 18.1 Å². The molecule has 1 unspecified atom stereocenters. The van der Waals surface area contributed by atoms with E-state index < -0.39 is 9.12 Å². The minimum absolute atomic E-state index is 0.589. The third kappa shape index (κ3) is 9.33. The second kappa shape index (κ2) is 9.16. The Bertz CT molecular complexity index is 152. The van der Waals surface area contributed by atoms with E-state index in [9.17, 15) is 0 Å². The highest BCUT2D eigenvalue weighted by atomic mass is 28.3.